The molecule has 1 aromatic heterocycles. The highest BCUT2D eigenvalue weighted by atomic mass is 16.5. The number of anilines is 1. The molecule has 0 bridgehead atoms. The van der Waals surface area contributed by atoms with Crippen LogP contribution in [0.1, 0.15) is 36.9 Å². The SMILES string of the molecule is Cc1cnc(NC2CCOC(C3CC3)C2)nc1C. The van der Waals surface area contributed by atoms with E-state index in [2.05, 4.69) is 15.3 Å². The number of nitrogens with zero attached hydrogens (tertiary/aromatic N) is 2. The summed E-state index contributed by atoms with van der Waals surface area (Å²) in [7, 11) is 0. The Labute approximate surface area is 108 Å². The zero-order chi connectivity index (χ0) is 12.5. The van der Waals surface area contributed by atoms with Gasteiger partial charge < -0.3 is 10.1 Å². The summed E-state index contributed by atoms with van der Waals surface area (Å²) in [5.41, 5.74) is 2.20. The molecular formula is C14H21N3O. The third-order valence-corrected chi connectivity index (χ3v) is 4.02. The van der Waals surface area contributed by atoms with Gasteiger partial charge in [0.2, 0.25) is 5.95 Å². The lowest BCUT2D eigenvalue weighted by molar-refractivity contribution is -0.00228. The average Bonchev–Trinajstić information content (AvgIpc) is 3.18. The van der Waals surface area contributed by atoms with E-state index in [9.17, 15) is 0 Å². The topological polar surface area (TPSA) is 47.0 Å². The van der Waals surface area contributed by atoms with E-state index in [0.717, 1.165) is 42.6 Å². The van der Waals surface area contributed by atoms with E-state index in [1.807, 2.05) is 20.0 Å². The highest BCUT2D eigenvalue weighted by Gasteiger charge is 2.35. The monoisotopic (exact) mass is 247 g/mol. The molecule has 2 heterocycles. The van der Waals surface area contributed by atoms with Crippen LogP contribution in [0.25, 0.3) is 0 Å². The van der Waals surface area contributed by atoms with Gasteiger partial charge in [-0.3, -0.25) is 0 Å². The van der Waals surface area contributed by atoms with E-state index in [0.29, 0.717) is 12.1 Å². The molecule has 0 spiro atoms. The highest BCUT2D eigenvalue weighted by molar-refractivity contribution is 5.29. The summed E-state index contributed by atoms with van der Waals surface area (Å²) in [4.78, 5) is 8.84. The molecule has 1 saturated carbocycles. The summed E-state index contributed by atoms with van der Waals surface area (Å²) in [6.07, 6.45) is 7.19. The Morgan fingerprint density at radius 3 is 2.83 bits per heavy atom. The first kappa shape index (κ1) is 11.9. The predicted octanol–water partition coefficient (Wildman–Crippen LogP) is 2.46. The first-order valence-corrected chi connectivity index (χ1v) is 6.91. The number of ether oxygens (including phenoxy) is 1. The van der Waals surface area contributed by atoms with E-state index in [-0.39, 0.29) is 0 Å². The van der Waals surface area contributed by atoms with Gasteiger partial charge in [-0.2, -0.15) is 0 Å². The van der Waals surface area contributed by atoms with Crippen LogP contribution < -0.4 is 5.32 Å². The molecule has 4 heteroatoms. The molecule has 1 saturated heterocycles. The molecule has 3 rings (SSSR count). The van der Waals surface area contributed by atoms with Gasteiger partial charge in [0.1, 0.15) is 0 Å². The molecule has 0 amide bonds. The van der Waals surface area contributed by atoms with Crippen molar-refractivity contribution >= 4 is 5.95 Å². The van der Waals surface area contributed by atoms with Crippen LogP contribution in [0.4, 0.5) is 5.95 Å². The van der Waals surface area contributed by atoms with Crippen LogP contribution in [0.15, 0.2) is 6.20 Å². The molecule has 2 atom stereocenters. The molecule has 2 aliphatic rings. The van der Waals surface area contributed by atoms with Crippen LogP contribution in [-0.4, -0.2) is 28.7 Å². The third-order valence-electron chi connectivity index (χ3n) is 4.02. The molecule has 1 aliphatic carbocycles. The summed E-state index contributed by atoms with van der Waals surface area (Å²) in [5.74, 6) is 1.58. The summed E-state index contributed by atoms with van der Waals surface area (Å²) in [6, 6.07) is 0.464. The average molecular weight is 247 g/mol. The number of hydrogen-bond donors (Lipinski definition) is 1. The van der Waals surface area contributed by atoms with E-state index in [1.165, 1.54) is 12.8 Å². The predicted molar refractivity (Wildman–Crippen MR) is 70.6 cm³/mol. The van der Waals surface area contributed by atoms with Crippen molar-refractivity contribution in [3.63, 3.8) is 0 Å². The molecule has 1 N–H and O–H groups in total. The number of nitrogens with one attached hydrogen (secondary N) is 1. The van der Waals surface area contributed by atoms with Crippen molar-refractivity contribution in [2.24, 2.45) is 5.92 Å². The number of rotatable bonds is 3. The largest absolute Gasteiger partial charge is 0.378 e. The van der Waals surface area contributed by atoms with E-state index >= 15 is 0 Å². The smallest absolute Gasteiger partial charge is 0.223 e. The fraction of sp³-hybridized carbons (Fsp3) is 0.714. The van der Waals surface area contributed by atoms with E-state index in [1.54, 1.807) is 0 Å². The maximum Gasteiger partial charge on any atom is 0.223 e. The second-order valence-corrected chi connectivity index (χ2v) is 5.57. The van der Waals surface area contributed by atoms with Gasteiger partial charge in [-0.25, -0.2) is 9.97 Å². The molecule has 0 radical (unpaired) electrons. The molecule has 98 valence electrons. The van der Waals surface area contributed by atoms with Gasteiger partial charge in [-0.15, -0.1) is 0 Å². The zero-order valence-corrected chi connectivity index (χ0v) is 11.1. The van der Waals surface area contributed by atoms with Gasteiger partial charge in [-0.05, 0) is 51.0 Å². The first-order valence-electron chi connectivity index (χ1n) is 6.91. The molecule has 4 nitrogen and oxygen atoms in total. The van der Waals surface area contributed by atoms with Gasteiger partial charge in [0, 0.05) is 24.5 Å². The summed E-state index contributed by atoms with van der Waals surface area (Å²) >= 11 is 0. The number of aromatic nitrogens is 2. The Balaban J connectivity index is 1.62. The fourth-order valence-electron chi connectivity index (χ4n) is 2.54. The Hall–Kier alpha value is -1.16. The van der Waals surface area contributed by atoms with Crippen LogP contribution in [0, 0.1) is 19.8 Å². The van der Waals surface area contributed by atoms with Crippen molar-refractivity contribution < 1.29 is 4.74 Å². The Morgan fingerprint density at radius 2 is 2.11 bits per heavy atom. The van der Waals surface area contributed by atoms with Gasteiger partial charge in [0.25, 0.3) is 0 Å². The number of hydrogen-bond acceptors (Lipinski definition) is 4. The minimum atomic E-state index is 0.461. The Morgan fingerprint density at radius 1 is 1.28 bits per heavy atom. The first-order chi connectivity index (χ1) is 8.72. The lowest BCUT2D eigenvalue weighted by atomic mass is 10.0. The van der Waals surface area contributed by atoms with Gasteiger partial charge in [-0.1, -0.05) is 0 Å². The molecule has 1 aromatic rings. The second-order valence-electron chi connectivity index (χ2n) is 5.57. The zero-order valence-electron chi connectivity index (χ0n) is 11.1. The van der Waals surface area contributed by atoms with Crippen molar-refractivity contribution in [1.29, 1.82) is 0 Å². The molecule has 18 heavy (non-hydrogen) atoms. The van der Waals surface area contributed by atoms with E-state index < -0.39 is 0 Å². The lowest BCUT2D eigenvalue weighted by Crippen LogP contribution is -2.35. The van der Waals surface area contributed by atoms with E-state index in [4.69, 9.17) is 4.74 Å². The fourth-order valence-corrected chi connectivity index (χ4v) is 2.54. The lowest BCUT2D eigenvalue weighted by Gasteiger charge is -2.30. The second kappa shape index (κ2) is 4.84. The Kier molecular flexibility index (Phi) is 3.20. The van der Waals surface area contributed by atoms with Gasteiger partial charge >= 0.3 is 0 Å². The maximum atomic E-state index is 5.83. The molecule has 1 aliphatic heterocycles. The van der Waals surface area contributed by atoms with Crippen molar-refractivity contribution in [3.05, 3.63) is 17.5 Å². The van der Waals surface area contributed by atoms with Crippen molar-refractivity contribution in [2.75, 3.05) is 11.9 Å². The summed E-state index contributed by atoms with van der Waals surface area (Å²) in [6.45, 7) is 4.93. The van der Waals surface area contributed by atoms with Gasteiger partial charge in [0.05, 0.1) is 6.10 Å². The van der Waals surface area contributed by atoms with Crippen molar-refractivity contribution in [3.8, 4) is 0 Å². The van der Waals surface area contributed by atoms with Crippen LogP contribution >= 0.6 is 0 Å². The standard InChI is InChI=1S/C14H21N3O/c1-9-8-15-14(16-10(9)2)17-12-5-6-18-13(7-12)11-3-4-11/h8,11-13H,3-7H2,1-2H3,(H,15,16,17). The molecule has 2 unspecified atom stereocenters. The third kappa shape index (κ3) is 2.64. The van der Waals surface area contributed by atoms with Gasteiger partial charge in [0.15, 0.2) is 0 Å². The van der Waals surface area contributed by atoms with Crippen LogP contribution in [0.5, 0.6) is 0 Å². The minimum absolute atomic E-state index is 0.461. The molecular weight excluding hydrogens is 226 g/mol. The normalized spacial score (nSPS) is 28.1. The quantitative estimate of drug-likeness (QED) is 0.891. The highest BCUT2D eigenvalue weighted by Crippen LogP contribution is 2.38. The molecule has 2 fully saturated rings. The minimum Gasteiger partial charge on any atom is -0.378 e. The maximum absolute atomic E-state index is 5.83. The molecule has 0 aromatic carbocycles. The van der Waals surface area contributed by atoms with Crippen molar-refractivity contribution in [1.82, 2.24) is 9.97 Å². The summed E-state index contributed by atoms with van der Waals surface area (Å²) in [5, 5.41) is 3.46. The van der Waals surface area contributed by atoms with Crippen LogP contribution in [-0.2, 0) is 4.74 Å². The number of aryl methyl sites for hydroxylation is 2. The van der Waals surface area contributed by atoms with Crippen LogP contribution in [0.3, 0.4) is 0 Å². The van der Waals surface area contributed by atoms with Crippen molar-refractivity contribution in [2.45, 2.75) is 51.7 Å². The Bertz CT molecular complexity index is 431. The summed E-state index contributed by atoms with van der Waals surface area (Å²) < 4.78 is 5.83. The van der Waals surface area contributed by atoms with Crippen LogP contribution in [0.2, 0.25) is 0 Å².